The average molecular weight is 202 g/mol. The fourth-order valence-corrected chi connectivity index (χ4v) is 1.53. The minimum atomic E-state index is -0.495. The van der Waals surface area contributed by atoms with Gasteiger partial charge in [0.2, 0.25) is 0 Å². The van der Waals surface area contributed by atoms with Crippen LogP contribution in [-0.2, 0) is 9.53 Å². The van der Waals surface area contributed by atoms with Gasteiger partial charge in [-0.1, -0.05) is 6.92 Å². The van der Waals surface area contributed by atoms with Crippen molar-refractivity contribution < 1.29 is 9.53 Å². The average Bonchev–Trinajstić information content (AvgIpc) is 2.44. The summed E-state index contributed by atoms with van der Waals surface area (Å²) in [5.74, 6) is -0.115. The second-order valence-corrected chi connectivity index (χ2v) is 3.67. The quantitative estimate of drug-likeness (QED) is 0.641. The number of hydrogen-bond acceptors (Lipinski definition) is 3. The summed E-state index contributed by atoms with van der Waals surface area (Å²) >= 11 is 4.84. The van der Waals surface area contributed by atoms with E-state index < -0.39 is 5.60 Å². The summed E-state index contributed by atoms with van der Waals surface area (Å²) in [6.07, 6.45) is 0.747. The Morgan fingerprint density at radius 3 is 2.62 bits per heavy atom. The number of rotatable bonds is 3. The van der Waals surface area contributed by atoms with Gasteiger partial charge in [0.25, 0.3) is 5.91 Å². The Kier molecular flexibility index (Phi) is 2.87. The molecule has 2 N–H and O–H groups in total. The van der Waals surface area contributed by atoms with Crippen LogP contribution >= 0.6 is 12.2 Å². The first-order valence-corrected chi connectivity index (χ1v) is 4.61. The molecule has 1 aliphatic heterocycles. The standard InChI is InChI=1S/C8H14N2O2S/c1-4-8(2,12-3)5-6(11)10-7(13)9-5/h5H,4H2,1-3H3,(H2,9,10,11,13). The molecule has 1 aliphatic rings. The van der Waals surface area contributed by atoms with E-state index in [1.165, 1.54) is 0 Å². The van der Waals surface area contributed by atoms with Gasteiger partial charge in [0.05, 0.1) is 5.60 Å². The van der Waals surface area contributed by atoms with Crippen molar-refractivity contribution in [2.75, 3.05) is 7.11 Å². The van der Waals surface area contributed by atoms with Crippen LogP contribution in [0, 0.1) is 0 Å². The number of hydrogen-bond donors (Lipinski definition) is 2. The first kappa shape index (κ1) is 10.4. The Morgan fingerprint density at radius 2 is 2.31 bits per heavy atom. The Bertz CT molecular complexity index is 238. The first-order chi connectivity index (χ1) is 6.03. The van der Waals surface area contributed by atoms with Crippen LogP contribution in [0.5, 0.6) is 0 Å². The lowest BCUT2D eigenvalue weighted by molar-refractivity contribution is -0.127. The number of amides is 1. The van der Waals surface area contributed by atoms with Crippen molar-refractivity contribution in [2.45, 2.75) is 31.9 Å². The summed E-state index contributed by atoms with van der Waals surface area (Å²) in [5.41, 5.74) is -0.495. The predicted molar refractivity (Wildman–Crippen MR) is 53.4 cm³/mol. The van der Waals surface area contributed by atoms with Gasteiger partial charge in [-0.2, -0.15) is 0 Å². The SMILES string of the molecule is CCC(C)(OC)C1NC(=S)NC1=O. The van der Waals surface area contributed by atoms with Gasteiger partial charge in [0.15, 0.2) is 5.11 Å². The molecule has 0 bridgehead atoms. The van der Waals surface area contributed by atoms with Crippen LogP contribution in [0.1, 0.15) is 20.3 Å². The third-order valence-electron chi connectivity index (χ3n) is 2.55. The molecule has 0 aromatic carbocycles. The molecule has 1 rings (SSSR count). The summed E-state index contributed by atoms with van der Waals surface area (Å²) in [4.78, 5) is 11.4. The molecule has 2 unspecified atom stereocenters. The van der Waals surface area contributed by atoms with Crippen molar-refractivity contribution in [3.05, 3.63) is 0 Å². The molecule has 13 heavy (non-hydrogen) atoms. The molecule has 2 atom stereocenters. The Morgan fingerprint density at radius 1 is 1.69 bits per heavy atom. The van der Waals surface area contributed by atoms with Crippen molar-refractivity contribution in [1.82, 2.24) is 10.6 Å². The minimum absolute atomic E-state index is 0.115. The van der Waals surface area contributed by atoms with E-state index >= 15 is 0 Å². The van der Waals surface area contributed by atoms with E-state index in [0.29, 0.717) is 5.11 Å². The normalized spacial score (nSPS) is 26.5. The fraction of sp³-hybridized carbons (Fsp3) is 0.750. The van der Waals surface area contributed by atoms with Crippen LogP contribution < -0.4 is 10.6 Å². The number of methoxy groups -OCH3 is 1. The lowest BCUT2D eigenvalue weighted by Gasteiger charge is -2.31. The van der Waals surface area contributed by atoms with Crippen LogP contribution in [0.2, 0.25) is 0 Å². The highest BCUT2D eigenvalue weighted by molar-refractivity contribution is 7.80. The van der Waals surface area contributed by atoms with E-state index in [2.05, 4.69) is 10.6 Å². The lowest BCUT2D eigenvalue weighted by Crippen LogP contribution is -2.50. The van der Waals surface area contributed by atoms with Crippen LogP contribution in [0.15, 0.2) is 0 Å². The van der Waals surface area contributed by atoms with Crippen LogP contribution in [-0.4, -0.2) is 29.8 Å². The zero-order valence-electron chi connectivity index (χ0n) is 8.01. The molecule has 0 aromatic heterocycles. The lowest BCUT2D eigenvalue weighted by atomic mass is 9.93. The predicted octanol–water partition coefficient (Wildman–Crippen LogP) is 0.174. The maximum Gasteiger partial charge on any atom is 0.251 e. The van der Waals surface area contributed by atoms with Gasteiger partial charge in [-0.3, -0.25) is 4.79 Å². The highest BCUT2D eigenvalue weighted by Crippen LogP contribution is 2.21. The maximum absolute atomic E-state index is 11.4. The summed E-state index contributed by atoms with van der Waals surface area (Å²) in [6.45, 7) is 3.86. The monoisotopic (exact) mass is 202 g/mol. The van der Waals surface area contributed by atoms with Gasteiger partial charge in [0, 0.05) is 7.11 Å². The van der Waals surface area contributed by atoms with E-state index in [1.54, 1.807) is 7.11 Å². The maximum atomic E-state index is 11.4. The van der Waals surface area contributed by atoms with E-state index in [-0.39, 0.29) is 11.9 Å². The third-order valence-corrected chi connectivity index (χ3v) is 2.77. The van der Waals surface area contributed by atoms with Crippen molar-refractivity contribution >= 4 is 23.2 Å². The molecule has 4 nitrogen and oxygen atoms in total. The molecule has 1 fully saturated rings. The van der Waals surface area contributed by atoms with E-state index in [9.17, 15) is 4.79 Å². The number of carbonyl (C=O) groups is 1. The molecule has 0 radical (unpaired) electrons. The van der Waals surface area contributed by atoms with E-state index in [4.69, 9.17) is 17.0 Å². The van der Waals surface area contributed by atoms with Gasteiger partial charge < -0.3 is 15.4 Å². The molecule has 0 aliphatic carbocycles. The highest BCUT2D eigenvalue weighted by atomic mass is 32.1. The van der Waals surface area contributed by atoms with Crippen molar-refractivity contribution in [3.63, 3.8) is 0 Å². The largest absolute Gasteiger partial charge is 0.376 e. The number of nitrogens with one attached hydrogen (secondary N) is 2. The smallest absolute Gasteiger partial charge is 0.251 e. The topological polar surface area (TPSA) is 50.4 Å². The summed E-state index contributed by atoms with van der Waals surface area (Å²) in [5, 5.41) is 5.82. The molecule has 5 heteroatoms. The van der Waals surface area contributed by atoms with Crippen molar-refractivity contribution in [1.29, 1.82) is 0 Å². The zero-order chi connectivity index (χ0) is 10.1. The van der Waals surface area contributed by atoms with Crippen molar-refractivity contribution in [3.8, 4) is 0 Å². The molecule has 0 aromatic rings. The van der Waals surface area contributed by atoms with E-state index in [0.717, 1.165) is 6.42 Å². The minimum Gasteiger partial charge on any atom is -0.376 e. The summed E-state index contributed by atoms with van der Waals surface area (Å²) < 4.78 is 5.31. The molecule has 0 spiro atoms. The molecular formula is C8H14N2O2S. The van der Waals surface area contributed by atoms with Crippen LogP contribution in [0.4, 0.5) is 0 Å². The van der Waals surface area contributed by atoms with Gasteiger partial charge in [-0.15, -0.1) is 0 Å². The Hall–Kier alpha value is -0.680. The fourth-order valence-electron chi connectivity index (χ4n) is 1.31. The van der Waals surface area contributed by atoms with E-state index in [1.807, 2.05) is 13.8 Å². The first-order valence-electron chi connectivity index (χ1n) is 4.20. The molecule has 0 saturated carbocycles. The van der Waals surface area contributed by atoms with Gasteiger partial charge in [-0.25, -0.2) is 0 Å². The second kappa shape index (κ2) is 3.59. The van der Waals surface area contributed by atoms with Crippen molar-refractivity contribution in [2.24, 2.45) is 0 Å². The number of ether oxygens (including phenoxy) is 1. The third kappa shape index (κ3) is 1.81. The second-order valence-electron chi connectivity index (χ2n) is 3.27. The summed E-state index contributed by atoms with van der Waals surface area (Å²) in [6, 6.07) is -0.380. The van der Waals surface area contributed by atoms with Gasteiger partial charge >= 0.3 is 0 Å². The Labute approximate surface area is 83.0 Å². The van der Waals surface area contributed by atoms with Crippen LogP contribution in [0.25, 0.3) is 0 Å². The molecule has 1 amide bonds. The van der Waals surface area contributed by atoms with Crippen LogP contribution in [0.3, 0.4) is 0 Å². The zero-order valence-corrected chi connectivity index (χ0v) is 8.83. The Balaban J connectivity index is 2.81. The van der Waals surface area contributed by atoms with Gasteiger partial charge in [-0.05, 0) is 25.6 Å². The summed E-state index contributed by atoms with van der Waals surface area (Å²) in [7, 11) is 1.60. The molecule has 1 saturated heterocycles. The molecule has 1 heterocycles. The molecule has 74 valence electrons. The van der Waals surface area contributed by atoms with Gasteiger partial charge in [0.1, 0.15) is 6.04 Å². The highest BCUT2D eigenvalue weighted by Gasteiger charge is 2.42. The molecular weight excluding hydrogens is 188 g/mol. The number of carbonyl (C=O) groups excluding carboxylic acids is 1. The number of thiocarbonyl (C=S) groups is 1.